The van der Waals surface area contributed by atoms with Crippen LogP contribution in [0.4, 0.5) is 0 Å². The molecule has 1 aromatic rings. The Balaban J connectivity index is 2.63. The van der Waals surface area contributed by atoms with Crippen LogP contribution in [0.1, 0.15) is 19.0 Å². The Morgan fingerprint density at radius 1 is 1.53 bits per heavy atom. The highest BCUT2D eigenvalue weighted by molar-refractivity contribution is 7.90. The molecule has 0 bridgehead atoms. The van der Waals surface area contributed by atoms with E-state index in [2.05, 4.69) is 17.3 Å². The first-order chi connectivity index (χ1) is 7.90. The fraction of sp³-hybridized carbons (Fsp3) is 0.727. The van der Waals surface area contributed by atoms with E-state index in [4.69, 9.17) is 0 Å². The molecule has 1 N–H and O–H groups in total. The molecule has 1 aromatic heterocycles. The Hall–Kier alpha value is -0.880. The second kappa shape index (κ2) is 6.16. The summed E-state index contributed by atoms with van der Waals surface area (Å²) in [5, 5.41) is 7.53. The third kappa shape index (κ3) is 5.83. The second-order valence-electron chi connectivity index (χ2n) is 4.43. The highest BCUT2D eigenvalue weighted by Crippen LogP contribution is 2.03. The maximum absolute atomic E-state index is 11.3. The number of hydrogen-bond acceptors (Lipinski definition) is 4. The number of aromatic nitrogens is 2. The Bertz CT molecular complexity index is 439. The third-order valence-electron chi connectivity index (χ3n) is 2.41. The van der Waals surface area contributed by atoms with Crippen LogP contribution >= 0.6 is 0 Å². The predicted molar refractivity (Wildman–Crippen MR) is 68.7 cm³/mol. The third-order valence-corrected chi connectivity index (χ3v) is 3.42. The van der Waals surface area contributed by atoms with Crippen molar-refractivity contribution in [3.05, 3.63) is 18.0 Å². The zero-order valence-electron chi connectivity index (χ0n) is 10.7. The molecule has 0 aliphatic rings. The molecule has 0 aromatic carbocycles. The smallest absolute Gasteiger partial charge is 0.148 e. The summed E-state index contributed by atoms with van der Waals surface area (Å²) in [5.74, 6) is 0.156. The lowest BCUT2D eigenvalue weighted by atomic mass is 10.2. The normalized spacial score (nSPS) is 13.8. The number of aryl methyl sites for hydroxylation is 1. The molecule has 98 valence electrons. The molecule has 0 saturated heterocycles. The standard InChI is InChI=1S/C11H21N3O2S/c1-4-6-12-11(9-17(3,15)16)8-10-5-7-14(2)13-10/h5,7,11-12H,4,6,8-9H2,1-3H3. The molecular formula is C11H21N3O2S. The van der Waals surface area contributed by atoms with Crippen molar-refractivity contribution >= 4 is 9.84 Å². The SMILES string of the molecule is CCCNC(Cc1ccn(C)n1)CS(C)(=O)=O. The van der Waals surface area contributed by atoms with Crippen LogP contribution in [0.2, 0.25) is 0 Å². The summed E-state index contributed by atoms with van der Waals surface area (Å²) in [6.07, 6.45) is 4.77. The van der Waals surface area contributed by atoms with E-state index in [0.29, 0.717) is 6.42 Å². The van der Waals surface area contributed by atoms with Gasteiger partial charge in [0, 0.05) is 32.0 Å². The number of nitrogens with one attached hydrogen (secondary N) is 1. The molecule has 0 aliphatic heterocycles. The Kier molecular flexibility index (Phi) is 5.14. The molecule has 6 heteroatoms. The van der Waals surface area contributed by atoms with Crippen LogP contribution in [-0.2, 0) is 23.3 Å². The van der Waals surface area contributed by atoms with Crippen molar-refractivity contribution in [2.45, 2.75) is 25.8 Å². The molecular weight excluding hydrogens is 238 g/mol. The van der Waals surface area contributed by atoms with Gasteiger partial charge in [0.2, 0.25) is 0 Å². The van der Waals surface area contributed by atoms with E-state index in [1.807, 2.05) is 19.3 Å². The molecule has 0 saturated carbocycles. The van der Waals surface area contributed by atoms with Gasteiger partial charge in [-0.2, -0.15) is 5.10 Å². The van der Waals surface area contributed by atoms with E-state index in [1.165, 1.54) is 6.26 Å². The lowest BCUT2D eigenvalue weighted by Crippen LogP contribution is -2.37. The van der Waals surface area contributed by atoms with Crippen LogP contribution in [0.5, 0.6) is 0 Å². The van der Waals surface area contributed by atoms with Crippen molar-refractivity contribution in [2.75, 3.05) is 18.6 Å². The zero-order chi connectivity index (χ0) is 12.9. The quantitative estimate of drug-likeness (QED) is 0.768. The van der Waals surface area contributed by atoms with Crippen molar-refractivity contribution in [2.24, 2.45) is 7.05 Å². The lowest BCUT2D eigenvalue weighted by molar-refractivity contribution is 0.524. The molecule has 0 aliphatic carbocycles. The van der Waals surface area contributed by atoms with E-state index in [9.17, 15) is 8.42 Å². The van der Waals surface area contributed by atoms with Crippen molar-refractivity contribution in [3.63, 3.8) is 0 Å². The topological polar surface area (TPSA) is 64.0 Å². The maximum atomic E-state index is 11.3. The highest BCUT2D eigenvalue weighted by Gasteiger charge is 2.16. The van der Waals surface area contributed by atoms with Crippen LogP contribution in [0.15, 0.2) is 12.3 Å². The Labute approximate surface area is 103 Å². The van der Waals surface area contributed by atoms with Crippen molar-refractivity contribution in [3.8, 4) is 0 Å². The van der Waals surface area contributed by atoms with Gasteiger partial charge in [-0.25, -0.2) is 8.42 Å². The molecule has 0 radical (unpaired) electrons. The first-order valence-corrected chi connectivity index (χ1v) is 7.86. The van der Waals surface area contributed by atoms with Crippen molar-refractivity contribution < 1.29 is 8.42 Å². The van der Waals surface area contributed by atoms with Crippen LogP contribution in [0, 0.1) is 0 Å². The van der Waals surface area contributed by atoms with Crippen LogP contribution < -0.4 is 5.32 Å². The number of nitrogens with zero attached hydrogens (tertiary/aromatic N) is 2. The minimum absolute atomic E-state index is 0.0557. The first-order valence-electron chi connectivity index (χ1n) is 5.80. The highest BCUT2D eigenvalue weighted by atomic mass is 32.2. The van der Waals surface area contributed by atoms with Gasteiger partial charge in [-0.05, 0) is 19.0 Å². The summed E-state index contributed by atoms with van der Waals surface area (Å²) in [7, 11) is -1.11. The summed E-state index contributed by atoms with van der Waals surface area (Å²) in [6, 6.07) is 1.86. The van der Waals surface area contributed by atoms with Crippen LogP contribution in [-0.4, -0.2) is 42.8 Å². The minimum atomic E-state index is -2.96. The maximum Gasteiger partial charge on any atom is 0.148 e. The summed E-state index contributed by atoms with van der Waals surface area (Å²) in [4.78, 5) is 0. The van der Waals surface area contributed by atoms with E-state index in [-0.39, 0.29) is 11.8 Å². The number of sulfone groups is 1. The molecule has 1 unspecified atom stereocenters. The van der Waals surface area contributed by atoms with Crippen molar-refractivity contribution in [1.29, 1.82) is 0 Å². The average molecular weight is 259 g/mol. The summed E-state index contributed by atoms with van der Waals surface area (Å²) >= 11 is 0. The molecule has 0 fully saturated rings. The van der Waals surface area contributed by atoms with Gasteiger partial charge < -0.3 is 5.32 Å². The monoisotopic (exact) mass is 259 g/mol. The van der Waals surface area contributed by atoms with Crippen LogP contribution in [0.3, 0.4) is 0 Å². The van der Waals surface area contributed by atoms with Gasteiger partial charge in [0.15, 0.2) is 0 Å². The average Bonchev–Trinajstić information content (AvgIpc) is 2.58. The Morgan fingerprint density at radius 3 is 2.71 bits per heavy atom. The summed E-state index contributed by atoms with van der Waals surface area (Å²) in [5.41, 5.74) is 0.921. The van der Waals surface area contributed by atoms with E-state index in [0.717, 1.165) is 18.7 Å². The molecule has 0 spiro atoms. The Morgan fingerprint density at radius 2 is 2.24 bits per heavy atom. The summed E-state index contributed by atoms with van der Waals surface area (Å²) in [6.45, 7) is 2.89. The summed E-state index contributed by atoms with van der Waals surface area (Å²) < 4.78 is 24.4. The van der Waals surface area contributed by atoms with Gasteiger partial charge in [0.25, 0.3) is 0 Å². The van der Waals surface area contributed by atoms with Gasteiger partial charge in [0.05, 0.1) is 11.4 Å². The molecule has 0 amide bonds. The largest absolute Gasteiger partial charge is 0.313 e. The van der Waals surface area contributed by atoms with Crippen molar-refractivity contribution in [1.82, 2.24) is 15.1 Å². The van der Waals surface area contributed by atoms with E-state index in [1.54, 1.807) is 4.68 Å². The fourth-order valence-electron chi connectivity index (χ4n) is 1.73. The molecule has 1 heterocycles. The number of hydrogen-bond donors (Lipinski definition) is 1. The fourth-order valence-corrected chi connectivity index (χ4v) is 2.70. The van der Waals surface area contributed by atoms with Crippen LogP contribution in [0.25, 0.3) is 0 Å². The van der Waals surface area contributed by atoms with Gasteiger partial charge in [-0.3, -0.25) is 4.68 Å². The minimum Gasteiger partial charge on any atom is -0.313 e. The molecule has 17 heavy (non-hydrogen) atoms. The zero-order valence-corrected chi connectivity index (χ0v) is 11.5. The first kappa shape index (κ1) is 14.2. The number of rotatable bonds is 7. The van der Waals surface area contributed by atoms with Gasteiger partial charge in [-0.15, -0.1) is 0 Å². The van der Waals surface area contributed by atoms with Gasteiger partial charge in [-0.1, -0.05) is 6.92 Å². The predicted octanol–water partition coefficient (Wildman–Crippen LogP) is 0.375. The van der Waals surface area contributed by atoms with E-state index < -0.39 is 9.84 Å². The lowest BCUT2D eigenvalue weighted by Gasteiger charge is -2.16. The second-order valence-corrected chi connectivity index (χ2v) is 6.61. The molecule has 5 nitrogen and oxygen atoms in total. The van der Waals surface area contributed by atoms with Gasteiger partial charge in [0.1, 0.15) is 9.84 Å². The van der Waals surface area contributed by atoms with E-state index >= 15 is 0 Å². The molecule has 1 rings (SSSR count). The molecule has 1 atom stereocenters. The van der Waals surface area contributed by atoms with Gasteiger partial charge >= 0.3 is 0 Å².